The van der Waals surface area contributed by atoms with Crippen molar-refractivity contribution >= 4 is 23.7 Å². The van der Waals surface area contributed by atoms with Crippen LogP contribution in [0.4, 0.5) is 4.79 Å². The number of rotatable bonds is 7. The number of hydrogen-bond acceptors (Lipinski definition) is 6. The minimum Gasteiger partial charge on any atom is -0.497 e. The average molecular weight is 445 g/mol. The van der Waals surface area contributed by atoms with E-state index >= 15 is 0 Å². The topological polar surface area (TPSA) is 93.2 Å². The van der Waals surface area contributed by atoms with Crippen LogP contribution < -0.4 is 4.74 Å². The maximum Gasteiger partial charge on any atom is 0.411 e. The summed E-state index contributed by atoms with van der Waals surface area (Å²) >= 11 is 0. The number of carbonyl (C=O) groups excluding carboxylic acids is 4. The van der Waals surface area contributed by atoms with Crippen LogP contribution in [0.3, 0.4) is 0 Å². The molecule has 1 aromatic carbocycles. The van der Waals surface area contributed by atoms with Crippen molar-refractivity contribution in [2.45, 2.75) is 58.1 Å². The molecule has 0 spiro atoms. The number of amides is 3. The molecule has 174 valence electrons. The second-order valence-corrected chi connectivity index (χ2v) is 8.85. The van der Waals surface area contributed by atoms with E-state index in [9.17, 15) is 19.2 Å². The van der Waals surface area contributed by atoms with E-state index < -0.39 is 29.0 Å². The highest BCUT2D eigenvalue weighted by atomic mass is 16.6. The molecule has 8 nitrogen and oxygen atoms in total. The summed E-state index contributed by atoms with van der Waals surface area (Å²) in [5.41, 5.74) is -1.88. The molecule has 0 radical (unpaired) electrons. The fourth-order valence-corrected chi connectivity index (χ4v) is 3.71. The summed E-state index contributed by atoms with van der Waals surface area (Å²) in [6, 6.07) is 6.45. The first-order chi connectivity index (χ1) is 14.9. The molecule has 32 heavy (non-hydrogen) atoms. The van der Waals surface area contributed by atoms with Crippen molar-refractivity contribution in [2.75, 3.05) is 20.2 Å². The lowest BCUT2D eigenvalue weighted by Crippen LogP contribution is -2.68. The van der Waals surface area contributed by atoms with Gasteiger partial charge in [-0.3, -0.25) is 19.4 Å². The van der Waals surface area contributed by atoms with Crippen LogP contribution in [0.2, 0.25) is 0 Å². The zero-order chi connectivity index (χ0) is 24.1. The van der Waals surface area contributed by atoms with Gasteiger partial charge in [-0.05, 0) is 64.8 Å². The third-order valence-corrected chi connectivity index (χ3v) is 5.28. The number of nitrogens with zero attached hydrogens (tertiary/aromatic N) is 2. The second kappa shape index (κ2) is 9.97. The van der Waals surface area contributed by atoms with Crippen molar-refractivity contribution in [1.29, 1.82) is 0 Å². The number of hydrogen-bond donors (Lipinski definition) is 0. The molecular formula is C24H32N2O6. The number of ketones is 1. The van der Waals surface area contributed by atoms with Crippen LogP contribution in [0.5, 0.6) is 5.75 Å². The fraction of sp³-hybridized carbons (Fsp3) is 0.500. The van der Waals surface area contributed by atoms with Crippen molar-refractivity contribution in [2.24, 2.45) is 0 Å². The molecule has 1 aliphatic heterocycles. The van der Waals surface area contributed by atoms with E-state index in [1.54, 1.807) is 45.0 Å². The van der Waals surface area contributed by atoms with E-state index in [2.05, 4.69) is 6.58 Å². The first-order valence-corrected chi connectivity index (χ1v) is 10.6. The van der Waals surface area contributed by atoms with E-state index in [0.717, 1.165) is 4.90 Å². The van der Waals surface area contributed by atoms with E-state index in [1.165, 1.54) is 25.0 Å². The Morgan fingerprint density at radius 3 is 2.28 bits per heavy atom. The van der Waals surface area contributed by atoms with Gasteiger partial charge in [0.15, 0.2) is 0 Å². The van der Waals surface area contributed by atoms with Crippen molar-refractivity contribution in [3.8, 4) is 5.75 Å². The molecule has 1 atom stereocenters. The fourth-order valence-electron chi connectivity index (χ4n) is 3.71. The predicted molar refractivity (Wildman–Crippen MR) is 119 cm³/mol. The number of ether oxygens (including phenoxy) is 2. The molecule has 1 heterocycles. The van der Waals surface area contributed by atoms with E-state index in [1.807, 2.05) is 0 Å². The van der Waals surface area contributed by atoms with Crippen molar-refractivity contribution < 1.29 is 28.7 Å². The van der Waals surface area contributed by atoms with Crippen LogP contribution in [0.25, 0.3) is 0 Å². The Bertz CT molecular complexity index is 887. The molecular weight excluding hydrogens is 412 g/mol. The first kappa shape index (κ1) is 25.1. The number of methoxy groups -OCH3 is 1. The van der Waals surface area contributed by atoms with Gasteiger partial charge in [-0.2, -0.15) is 0 Å². The average Bonchev–Trinajstić information content (AvgIpc) is 2.72. The minimum atomic E-state index is -1.43. The Morgan fingerprint density at radius 1 is 1.16 bits per heavy atom. The van der Waals surface area contributed by atoms with Crippen molar-refractivity contribution in [3.05, 3.63) is 42.5 Å². The molecule has 0 bridgehead atoms. The minimum absolute atomic E-state index is 0.0158. The third-order valence-electron chi connectivity index (χ3n) is 5.28. The summed E-state index contributed by atoms with van der Waals surface area (Å²) < 4.78 is 10.7. The second-order valence-electron chi connectivity index (χ2n) is 8.85. The van der Waals surface area contributed by atoms with Crippen LogP contribution in [0.15, 0.2) is 36.9 Å². The standard InChI is InChI=1S/C24H32N2O6/c1-7-13-24(14-12-17(2)27)21(29)25(15-16-26(24)22(30)32-23(3,4)5)20(28)18-8-10-19(31-6)11-9-18/h7-11H,1,12-16H2,2-6H3/t24-/m1/s1. The molecule has 2 rings (SSSR count). The maximum absolute atomic E-state index is 13.7. The van der Waals surface area contributed by atoms with Gasteiger partial charge in [0.1, 0.15) is 22.7 Å². The number of piperazine rings is 1. The molecule has 8 heteroatoms. The summed E-state index contributed by atoms with van der Waals surface area (Å²) in [7, 11) is 1.52. The van der Waals surface area contributed by atoms with Gasteiger partial charge in [-0.25, -0.2) is 4.79 Å². The Labute approximate surface area is 189 Å². The van der Waals surface area contributed by atoms with Gasteiger partial charge in [-0.15, -0.1) is 6.58 Å². The van der Waals surface area contributed by atoms with Gasteiger partial charge in [0, 0.05) is 25.1 Å². The van der Waals surface area contributed by atoms with Crippen LogP contribution in [0, 0.1) is 0 Å². The molecule has 1 aliphatic rings. The van der Waals surface area contributed by atoms with Crippen LogP contribution in [-0.2, 0) is 14.3 Å². The first-order valence-electron chi connectivity index (χ1n) is 10.6. The molecule has 1 aromatic rings. The van der Waals surface area contributed by atoms with Gasteiger partial charge in [0.25, 0.3) is 11.8 Å². The molecule has 1 saturated heterocycles. The third kappa shape index (κ3) is 5.55. The lowest BCUT2D eigenvalue weighted by molar-refractivity contribution is -0.148. The Balaban J connectivity index is 2.45. The summed E-state index contributed by atoms with van der Waals surface area (Å²) in [4.78, 5) is 54.2. The molecule has 0 aromatic heterocycles. The highest BCUT2D eigenvalue weighted by Crippen LogP contribution is 2.34. The predicted octanol–water partition coefficient (Wildman–Crippen LogP) is 3.60. The lowest BCUT2D eigenvalue weighted by Gasteiger charge is -2.48. The van der Waals surface area contributed by atoms with E-state index in [4.69, 9.17) is 9.47 Å². The zero-order valence-corrected chi connectivity index (χ0v) is 19.5. The van der Waals surface area contributed by atoms with Gasteiger partial charge in [0.05, 0.1) is 7.11 Å². The van der Waals surface area contributed by atoms with Gasteiger partial charge >= 0.3 is 6.09 Å². The number of benzene rings is 1. The monoisotopic (exact) mass is 444 g/mol. The molecule has 0 aliphatic carbocycles. The smallest absolute Gasteiger partial charge is 0.411 e. The summed E-state index contributed by atoms with van der Waals surface area (Å²) in [6.07, 6.45) is 1.09. The molecule has 3 amide bonds. The molecule has 0 saturated carbocycles. The van der Waals surface area contributed by atoms with Gasteiger partial charge in [0.2, 0.25) is 0 Å². The number of carbonyl (C=O) groups is 4. The van der Waals surface area contributed by atoms with Gasteiger partial charge < -0.3 is 14.3 Å². The summed E-state index contributed by atoms with van der Waals surface area (Å²) in [6.45, 7) is 10.5. The quantitative estimate of drug-likeness (QED) is 0.471. The number of imide groups is 1. The Morgan fingerprint density at radius 2 is 1.78 bits per heavy atom. The van der Waals surface area contributed by atoms with Crippen LogP contribution >= 0.6 is 0 Å². The van der Waals surface area contributed by atoms with Crippen molar-refractivity contribution in [3.63, 3.8) is 0 Å². The lowest BCUT2D eigenvalue weighted by atomic mass is 9.83. The maximum atomic E-state index is 13.7. The van der Waals surface area contributed by atoms with E-state index in [-0.39, 0.29) is 38.1 Å². The van der Waals surface area contributed by atoms with Crippen LogP contribution in [-0.4, -0.2) is 64.8 Å². The largest absolute Gasteiger partial charge is 0.497 e. The molecule has 0 N–H and O–H groups in total. The van der Waals surface area contributed by atoms with Crippen molar-refractivity contribution in [1.82, 2.24) is 9.80 Å². The number of Topliss-reactive ketones (excluding diaryl/α,β-unsaturated/α-hetero) is 1. The SMILES string of the molecule is C=CC[C@@]1(CCC(C)=O)C(=O)N(C(=O)c2ccc(OC)cc2)CCN1C(=O)OC(C)(C)C. The Kier molecular flexibility index (Phi) is 7.83. The summed E-state index contributed by atoms with van der Waals surface area (Å²) in [5, 5.41) is 0. The van der Waals surface area contributed by atoms with Gasteiger partial charge in [-0.1, -0.05) is 6.08 Å². The van der Waals surface area contributed by atoms with E-state index in [0.29, 0.717) is 11.3 Å². The highest BCUT2D eigenvalue weighted by Gasteiger charge is 2.53. The molecule has 0 unspecified atom stereocenters. The molecule has 1 fully saturated rings. The zero-order valence-electron chi connectivity index (χ0n) is 19.5. The summed E-state index contributed by atoms with van der Waals surface area (Å²) in [5.74, 6) is -0.552. The normalized spacial score (nSPS) is 18.8. The Hall–Kier alpha value is -3.16. The highest BCUT2D eigenvalue weighted by molar-refractivity contribution is 6.08. The van der Waals surface area contributed by atoms with Crippen LogP contribution in [0.1, 0.15) is 57.3 Å².